The van der Waals surface area contributed by atoms with Crippen molar-refractivity contribution in [1.29, 1.82) is 0 Å². The summed E-state index contributed by atoms with van der Waals surface area (Å²) in [6.45, 7) is 7.40. The van der Waals surface area contributed by atoms with E-state index in [0.29, 0.717) is 23.8 Å². The van der Waals surface area contributed by atoms with Crippen molar-refractivity contribution in [3.8, 4) is 0 Å². The van der Waals surface area contributed by atoms with Gasteiger partial charge in [0.25, 0.3) is 0 Å². The average Bonchev–Trinajstić information content (AvgIpc) is 2.48. The van der Waals surface area contributed by atoms with Gasteiger partial charge in [-0.2, -0.15) is 0 Å². The fourth-order valence-electron chi connectivity index (χ4n) is 3.78. The summed E-state index contributed by atoms with van der Waals surface area (Å²) in [5.41, 5.74) is 0. The number of carbonyl (C=O) groups is 1. The molecule has 1 aliphatic carbocycles. The third-order valence-corrected chi connectivity index (χ3v) is 4.99. The van der Waals surface area contributed by atoms with Gasteiger partial charge in [0.1, 0.15) is 0 Å². The first kappa shape index (κ1) is 14.8. The van der Waals surface area contributed by atoms with Crippen LogP contribution in [0.5, 0.6) is 0 Å². The summed E-state index contributed by atoms with van der Waals surface area (Å²) in [7, 11) is 0. The van der Waals surface area contributed by atoms with Crippen molar-refractivity contribution in [3.05, 3.63) is 0 Å². The Kier molecular flexibility index (Phi) is 5.68. The van der Waals surface area contributed by atoms with E-state index in [9.17, 15) is 4.79 Å². The fraction of sp³-hybridized carbons (Fsp3) is 0.938. The van der Waals surface area contributed by atoms with Crippen molar-refractivity contribution in [1.82, 2.24) is 10.2 Å². The summed E-state index contributed by atoms with van der Waals surface area (Å²) in [5, 5.41) is 3.59. The lowest BCUT2D eigenvalue weighted by atomic mass is 9.85. The maximum Gasteiger partial charge on any atom is 0.225 e. The number of amides is 1. The predicted octanol–water partition coefficient (Wildman–Crippen LogP) is 2.80. The number of piperidine rings is 1. The largest absolute Gasteiger partial charge is 0.342 e. The highest BCUT2D eigenvalue weighted by molar-refractivity contribution is 5.79. The van der Waals surface area contributed by atoms with Crippen LogP contribution in [-0.4, -0.2) is 36.5 Å². The number of carbonyl (C=O) groups excluding carboxylic acids is 1. The molecule has 1 amide bonds. The van der Waals surface area contributed by atoms with Gasteiger partial charge in [0.15, 0.2) is 0 Å². The molecule has 2 aliphatic rings. The average molecular weight is 266 g/mol. The van der Waals surface area contributed by atoms with Gasteiger partial charge in [0.05, 0.1) is 0 Å². The van der Waals surface area contributed by atoms with E-state index in [0.717, 1.165) is 38.9 Å². The molecule has 2 rings (SSSR count). The predicted molar refractivity (Wildman–Crippen MR) is 79.0 cm³/mol. The van der Waals surface area contributed by atoms with E-state index >= 15 is 0 Å². The zero-order valence-corrected chi connectivity index (χ0v) is 12.7. The number of rotatable bonds is 4. The molecule has 3 nitrogen and oxygen atoms in total. The molecule has 3 heteroatoms. The topological polar surface area (TPSA) is 32.3 Å². The van der Waals surface area contributed by atoms with E-state index in [1.165, 1.54) is 25.7 Å². The van der Waals surface area contributed by atoms with Gasteiger partial charge in [-0.3, -0.25) is 4.79 Å². The second kappa shape index (κ2) is 7.28. The quantitative estimate of drug-likeness (QED) is 0.848. The van der Waals surface area contributed by atoms with Crippen LogP contribution in [0, 0.1) is 11.8 Å². The lowest BCUT2D eigenvalue weighted by Crippen LogP contribution is -2.52. The Labute approximate surface area is 118 Å². The Morgan fingerprint density at radius 1 is 1.16 bits per heavy atom. The number of nitrogens with one attached hydrogen (secondary N) is 1. The molecule has 0 aromatic rings. The summed E-state index contributed by atoms with van der Waals surface area (Å²) >= 11 is 0. The Morgan fingerprint density at radius 2 is 1.89 bits per heavy atom. The van der Waals surface area contributed by atoms with Crippen LogP contribution in [0.15, 0.2) is 0 Å². The molecule has 0 bridgehead atoms. The van der Waals surface area contributed by atoms with Crippen molar-refractivity contribution >= 4 is 5.91 Å². The molecule has 0 aromatic carbocycles. The molecular weight excluding hydrogens is 236 g/mol. The van der Waals surface area contributed by atoms with E-state index in [1.54, 1.807) is 0 Å². The second-order valence-electron chi connectivity index (χ2n) is 6.24. The van der Waals surface area contributed by atoms with E-state index in [2.05, 4.69) is 24.1 Å². The normalized spacial score (nSPS) is 29.5. The highest BCUT2D eigenvalue weighted by Gasteiger charge is 2.33. The summed E-state index contributed by atoms with van der Waals surface area (Å²) in [6, 6.07) is 0.616. The minimum atomic E-state index is 0.335. The molecule has 0 radical (unpaired) electrons. The van der Waals surface area contributed by atoms with Crippen molar-refractivity contribution in [3.63, 3.8) is 0 Å². The summed E-state index contributed by atoms with van der Waals surface area (Å²) in [6.07, 6.45) is 8.38. The fourth-order valence-corrected chi connectivity index (χ4v) is 3.78. The standard InChI is InChI=1S/C16H30N2O/c1-3-13-12-18(11-10-15(13)17-4-2)16(19)14-8-6-5-7-9-14/h13-15,17H,3-12H2,1-2H3. The van der Waals surface area contributed by atoms with Crippen molar-refractivity contribution in [2.75, 3.05) is 19.6 Å². The van der Waals surface area contributed by atoms with Crippen LogP contribution in [0.4, 0.5) is 0 Å². The van der Waals surface area contributed by atoms with E-state index in [-0.39, 0.29) is 0 Å². The van der Waals surface area contributed by atoms with Crippen LogP contribution in [0.25, 0.3) is 0 Å². The molecule has 2 atom stereocenters. The Morgan fingerprint density at radius 3 is 2.53 bits per heavy atom. The summed E-state index contributed by atoms with van der Waals surface area (Å²) < 4.78 is 0. The first-order chi connectivity index (χ1) is 9.26. The van der Waals surface area contributed by atoms with Crippen molar-refractivity contribution < 1.29 is 4.79 Å². The van der Waals surface area contributed by atoms with Gasteiger partial charge in [-0.15, -0.1) is 0 Å². The lowest BCUT2D eigenvalue weighted by Gasteiger charge is -2.40. The summed E-state index contributed by atoms with van der Waals surface area (Å²) in [4.78, 5) is 14.7. The molecule has 1 heterocycles. The zero-order valence-electron chi connectivity index (χ0n) is 12.7. The van der Waals surface area contributed by atoms with Gasteiger partial charge < -0.3 is 10.2 Å². The summed E-state index contributed by atoms with van der Waals surface area (Å²) in [5.74, 6) is 1.43. The molecule has 1 N–H and O–H groups in total. The third kappa shape index (κ3) is 3.71. The monoisotopic (exact) mass is 266 g/mol. The van der Waals surface area contributed by atoms with Crippen LogP contribution in [0.3, 0.4) is 0 Å². The molecular formula is C16H30N2O. The molecule has 1 aliphatic heterocycles. The molecule has 2 fully saturated rings. The van der Waals surface area contributed by atoms with E-state index in [4.69, 9.17) is 0 Å². The Bertz CT molecular complexity index is 286. The minimum absolute atomic E-state index is 0.335. The van der Waals surface area contributed by atoms with Crippen LogP contribution in [-0.2, 0) is 4.79 Å². The molecule has 0 aromatic heterocycles. The van der Waals surface area contributed by atoms with Crippen LogP contribution in [0.2, 0.25) is 0 Å². The van der Waals surface area contributed by atoms with E-state index < -0.39 is 0 Å². The van der Waals surface area contributed by atoms with Crippen molar-refractivity contribution in [2.45, 2.75) is 64.8 Å². The zero-order chi connectivity index (χ0) is 13.7. The number of hydrogen-bond acceptors (Lipinski definition) is 2. The highest BCUT2D eigenvalue weighted by atomic mass is 16.2. The maximum absolute atomic E-state index is 12.6. The minimum Gasteiger partial charge on any atom is -0.342 e. The number of likely N-dealkylation sites (tertiary alicyclic amines) is 1. The number of hydrogen-bond donors (Lipinski definition) is 1. The highest BCUT2D eigenvalue weighted by Crippen LogP contribution is 2.28. The van der Waals surface area contributed by atoms with E-state index in [1.807, 2.05) is 0 Å². The first-order valence-corrected chi connectivity index (χ1v) is 8.28. The molecule has 1 saturated heterocycles. The van der Waals surface area contributed by atoms with Crippen molar-refractivity contribution in [2.24, 2.45) is 11.8 Å². The smallest absolute Gasteiger partial charge is 0.225 e. The first-order valence-electron chi connectivity index (χ1n) is 8.28. The van der Waals surface area contributed by atoms with Gasteiger partial charge in [0.2, 0.25) is 5.91 Å². The SMILES string of the molecule is CCNC1CCN(C(=O)C2CCCCC2)CC1CC. The maximum atomic E-state index is 12.6. The van der Waals surface area contributed by atoms with Gasteiger partial charge in [-0.25, -0.2) is 0 Å². The Balaban J connectivity index is 1.89. The molecule has 2 unspecified atom stereocenters. The molecule has 0 spiro atoms. The number of nitrogens with zero attached hydrogens (tertiary/aromatic N) is 1. The lowest BCUT2D eigenvalue weighted by molar-refractivity contribution is -0.138. The third-order valence-electron chi connectivity index (χ3n) is 4.99. The van der Waals surface area contributed by atoms with Gasteiger partial charge in [-0.05, 0) is 31.7 Å². The van der Waals surface area contributed by atoms with Gasteiger partial charge in [-0.1, -0.05) is 39.5 Å². The van der Waals surface area contributed by atoms with Crippen LogP contribution < -0.4 is 5.32 Å². The Hall–Kier alpha value is -0.570. The molecule has 110 valence electrons. The van der Waals surface area contributed by atoms with Gasteiger partial charge >= 0.3 is 0 Å². The molecule has 1 saturated carbocycles. The van der Waals surface area contributed by atoms with Gasteiger partial charge in [0, 0.05) is 25.0 Å². The molecule has 19 heavy (non-hydrogen) atoms. The van der Waals surface area contributed by atoms with Crippen LogP contribution in [0.1, 0.15) is 58.8 Å². The van der Waals surface area contributed by atoms with Crippen LogP contribution >= 0.6 is 0 Å². The second-order valence-corrected chi connectivity index (χ2v) is 6.24.